The lowest BCUT2D eigenvalue weighted by Crippen LogP contribution is -2.48. The molecule has 3 aromatic rings. The average Bonchev–Trinajstić information content (AvgIpc) is 3.52. The van der Waals surface area contributed by atoms with Gasteiger partial charge in [-0.05, 0) is 60.8 Å². The number of methoxy groups -OCH3 is 1. The number of sulfonamides is 2. The van der Waals surface area contributed by atoms with Crippen molar-refractivity contribution in [1.82, 2.24) is 9.21 Å². The molecule has 0 aliphatic carbocycles. The van der Waals surface area contributed by atoms with E-state index in [1.54, 1.807) is 41.5 Å². The normalized spacial score (nSPS) is 18.8. The SMILES string of the molecule is COc1ccc(S(=O)(=O)Nc2ccc3c(c2)CC(=O)N([C@@H](C)CO)C[C@@H](C)[C@H](CN(C)S(=O)(=O)c2cccs2)O3)cc1. The molecule has 0 spiro atoms. The van der Waals surface area contributed by atoms with Gasteiger partial charge in [-0.25, -0.2) is 16.8 Å². The highest BCUT2D eigenvalue weighted by molar-refractivity contribution is 7.92. The summed E-state index contributed by atoms with van der Waals surface area (Å²) in [6.45, 7) is 3.56. The van der Waals surface area contributed by atoms with Gasteiger partial charge in [0, 0.05) is 30.8 Å². The quantitative estimate of drug-likeness (QED) is 0.346. The van der Waals surface area contributed by atoms with E-state index in [1.807, 2.05) is 6.92 Å². The number of aliphatic hydroxyl groups is 1. The van der Waals surface area contributed by atoms with E-state index in [4.69, 9.17) is 9.47 Å². The Morgan fingerprint density at radius 2 is 1.88 bits per heavy atom. The molecule has 42 heavy (non-hydrogen) atoms. The summed E-state index contributed by atoms with van der Waals surface area (Å²) in [5.41, 5.74) is 0.650. The fourth-order valence-corrected chi connectivity index (χ4v) is 8.03. The van der Waals surface area contributed by atoms with Crippen molar-refractivity contribution in [2.75, 3.05) is 38.6 Å². The van der Waals surface area contributed by atoms with Gasteiger partial charge in [-0.15, -0.1) is 11.3 Å². The molecule has 0 bridgehead atoms. The predicted octanol–water partition coefficient (Wildman–Crippen LogP) is 3.03. The van der Waals surface area contributed by atoms with Crippen LogP contribution >= 0.6 is 11.3 Å². The van der Waals surface area contributed by atoms with E-state index in [0.29, 0.717) is 17.1 Å². The zero-order valence-electron chi connectivity index (χ0n) is 23.8. The minimum atomic E-state index is -3.95. The maximum atomic E-state index is 13.5. The third-order valence-corrected chi connectivity index (χ3v) is 11.7. The van der Waals surface area contributed by atoms with E-state index in [0.717, 1.165) is 11.3 Å². The molecule has 0 radical (unpaired) electrons. The molecule has 2 aromatic carbocycles. The molecule has 0 saturated heterocycles. The lowest BCUT2D eigenvalue weighted by Gasteiger charge is -2.33. The molecule has 1 aliphatic rings. The highest BCUT2D eigenvalue weighted by atomic mass is 32.2. The number of aliphatic hydroxyl groups excluding tert-OH is 1. The first-order chi connectivity index (χ1) is 19.8. The van der Waals surface area contributed by atoms with Gasteiger partial charge in [0.05, 0.1) is 37.6 Å². The van der Waals surface area contributed by atoms with E-state index in [-0.39, 0.29) is 52.7 Å². The zero-order chi connectivity index (χ0) is 30.7. The number of likely N-dealkylation sites (N-methyl/N-ethyl adjacent to an activating group) is 1. The summed E-state index contributed by atoms with van der Waals surface area (Å²) in [6, 6.07) is 13.3. The van der Waals surface area contributed by atoms with Crippen LogP contribution in [0.15, 0.2) is 69.1 Å². The number of nitrogens with one attached hydrogen (secondary N) is 1. The number of ether oxygens (including phenoxy) is 2. The molecule has 14 heteroatoms. The first-order valence-corrected chi connectivity index (χ1v) is 17.0. The standard InChI is InChI=1S/C28H35N3O8S3/c1-19-16-31(20(2)18-32)27(33)15-21-14-22(29-41(34,35)24-10-8-23(38-4)9-11-24)7-12-25(21)39-26(19)17-30(3)42(36,37)28-6-5-13-40-28/h5-14,19-20,26,29,32H,15-18H2,1-4H3/t19-,20+,26+/m1/s1. The number of carbonyl (C=O) groups is 1. The summed E-state index contributed by atoms with van der Waals surface area (Å²) in [5, 5.41) is 11.6. The van der Waals surface area contributed by atoms with Crippen molar-refractivity contribution >= 4 is 43.0 Å². The van der Waals surface area contributed by atoms with Crippen LogP contribution in [0.4, 0.5) is 5.69 Å². The molecular formula is C28H35N3O8S3. The summed E-state index contributed by atoms with van der Waals surface area (Å²) < 4.78 is 67.9. The van der Waals surface area contributed by atoms with Crippen LogP contribution in [0.2, 0.25) is 0 Å². The Kier molecular flexibility index (Phi) is 9.83. The highest BCUT2D eigenvalue weighted by Gasteiger charge is 2.34. The van der Waals surface area contributed by atoms with Crippen molar-refractivity contribution in [3.05, 3.63) is 65.5 Å². The minimum Gasteiger partial charge on any atom is -0.497 e. The lowest BCUT2D eigenvalue weighted by atomic mass is 10.0. The number of hydrogen-bond acceptors (Lipinski definition) is 9. The zero-order valence-corrected chi connectivity index (χ0v) is 26.2. The largest absolute Gasteiger partial charge is 0.497 e. The van der Waals surface area contributed by atoms with Gasteiger partial charge < -0.3 is 19.5 Å². The van der Waals surface area contributed by atoms with Crippen LogP contribution < -0.4 is 14.2 Å². The van der Waals surface area contributed by atoms with Crippen molar-refractivity contribution in [3.63, 3.8) is 0 Å². The van der Waals surface area contributed by atoms with Gasteiger partial charge in [0.1, 0.15) is 21.8 Å². The third-order valence-electron chi connectivity index (χ3n) is 7.14. The summed E-state index contributed by atoms with van der Waals surface area (Å²) >= 11 is 1.12. The second kappa shape index (κ2) is 13.0. The molecule has 1 aliphatic heterocycles. The van der Waals surface area contributed by atoms with Gasteiger partial charge in [0.15, 0.2) is 0 Å². The molecule has 2 heterocycles. The first-order valence-electron chi connectivity index (χ1n) is 13.2. The van der Waals surface area contributed by atoms with Crippen molar-refractivity contribution in [3.8, 4) is 11.5 Å². The van der Waals surface area contributed by atoms with Crippen LogP contribution in [0.3, 0.4) is 0 Å². The molecular weight excluding hydrogens is 603 g/mol. The number of amides is 1. The van der Waals surface area contributed by atoms with Gasteiger partial charge in [0.25, 0.3) is 20.0 Å². The Labute approximate surface area is 250 Å². The molecule has 3 atom stereocenters. The molecule has 0 fully saturated rings. The minimum absolute atomic E-state index is 0.00221. The fourth-order valence-electron chi connectivity index (χ4n) is 4.60. The second-order valence-electron chi connectivity index (χ2n) is 10.2. The average molecular weight is 638 g/mol. The van der Waals surface area contributed by atoms with Gasteiger partial charge in [-0.2, -0.15) is 4.31 Å². The Morgan fingerprint density at radius 3 is 2.50 bits per heavy atom. The molecule has 228 valence electrons. The van der Waals surface area contributed by atoms with Crippen molar-refractivity contribution in [2.45, 2.75) is 41.5 Å². The molecule has 2 N–H and O–H groups in total. The van der Waals surface area contributed by atoms with E-state index >= 15 is 0 Å². The Morgan fingerprint density at radius 1 is 1.17 bits per heavy atom. The van der Waals surface area contributed by atoms with Crippen LogP contribution in [-0.4, -0.2) is 83.1 Å². The second-order valence-corrected chi connectivity index (χ2v) is 15.1. The maximum Gasteiger partial charge on any atom is 0.261 e. The number of hydrogen-bond donors (Lipinski definition) is 2. The molecule has 1 amide bonds. The third kappa shape index (κ3) is 7.06. The molecule has 11 nitrogen and oxygen atoms in total. The fraction of sp³-hybridized carbons (Fsp3) is 0.393. The Bertz CT molecular complexity index is 1590. The van der Waals surface area contributed by atoms with E-state index in [1.165, 1.54) is 48.8 Å². The lowest BCUT2D eigenvalue weighted by molar-refractivity contribution is -0.134. The van der Waals surface area contributed by atoms with Crippen LogP contribution in [0.5, 0.6) is 11.5 Å². The van der Waals surface area contributed by atoms with E-state index < -0.39 is 32.2 Å². The van der Waals surface area contributed by atoms with Gasteiger partial charge >= 0.3 is 0 Å². The Hall–Kier alpha value is -3.17. The first kappa shape index (κ1) is 31.8. The van der Waals surface area contributed by atoms with Crippen molar-refractivity contribution in [1.29, 1.82) is 0 Å². The summed E-state index contributed by atoms with van der Waals surface area (Å²) in [4.78, 5) is 15.0. The van der Waals surface area contributed by atoms with Crippen LogP contribution in [0, 0.1) is 5.92 Å². The summed E-state index contributed by atoms with van der Waals surface area (Å²) in [6.07, 6.45) is -0.773. The van der Waals surface area contributed by atoms with Crippen LogP contribution in [-0.2, 0) is 31.3 Å². The number of carbonyl (C=O) groups excluding carboxylic acids is 1. The van der Waals surface area contributed by atoms with E-state index in [2.05, 4.69) is 4.72 Å². The number of fused-ring (bicyclic) bond motifs is 1. The predicted molar refractivity (Wildman–Crippen MR) is 160 cm³/mol. The Balaban J connectivity index is 1.67. The van der Waals surface area contributed by atoms with Crippen LogP contribution in [0.1, 0.15) is 19.4 Å². The topological polar surface area (TPSA) is 143 Å². The molecule has 1 aromatic heterocycles. The van der Waals surface area contributed by atoms with Gasteiger partial charge in [-0.1, -0.05) is 13.0 Å². The van der Waals surface area contributed by atoms with Crippen LogP contribution in [0.25, 0.3) is 0 Å². The molecule has 0 unspecified atom stereocenters. The molecule has 4 rings (SSSR count). The van der Waals surface area contributed by atoms with Crippen molar-refractivity contribution < 1.29 is 36.2 Å². The smallest absolute Gasteiger partial charge is 0.261 e. The summed E-state index contributed by atoms with van der Waals surface area (Å²) in [7, 11) is -4.75. The van der Waals surface area contributed by atoms with E-state index in [9.17, 15) is 26.7 Å². The number of nitrogens with zero attached hydrogens (tertiary/aromatic N) is 2. The number of thiophene rings is 1. The number of benzene rings is 2. The highest BCUT2D eigenvalue weighted by Crippen LogP contribution is 2.31. The maximum absolute atomic E-state index is 13.5. The monoisotopic (exact) mass is 637 g/mol. The summed E-state index contributed by atoms with van der Waals surface area (Å²) in [5.74, 6) is 0.265. The number of anilines is 1. The number of rotatable bonds is 10. The van der Waals surface area contributed by atoms with Gasteiger partial charge in [-0.3, -0.25) is 9.52 Å². The molecule has 0 saturated carbocycles. The van der Waals surface area contributed by atoms with Crippen molar-refractivity contribution in [2.24, 2.45) is 5.92 Å². The van der Waals surface area contributed by atoms with Gasteiger partial charge in [0.2, 0.25) is 5.91 Å².